The average molecular weight is 249 g/mol. The van der Waals surface area contributed by atoms with Gasteiger partial charge in [-0.05, 0) is 23.8 Å². The SMILES string of the molecule is COC(=O)c1cc(CNc2ccc(F)cn2)c[nH]1. The molecular weight excluding hydrogens is 237 g/mol. The molecule has 0 fully saturated rings. The van der Waals surface area contributed by atoms with E-state index in [-0.39, 0.29) is 5.82 Å². The number of methoxy groups -OCH3 is 1. The highest BCUT2D eigenvalue weighted by Gasteiger charge is 2.07. The summed E-state index contributed by atoms with van der Waals surface area (Å²) in [6.07, 6.45) is 2.84. The summed E-state index contributed by atoms with van der Waals surface area (Å²) in [6.45, 7) is 0.478. The third kappa shape index (κ3) is 2.85. The minimum atomic E-state index is -0.416. The summed E-state index contributed by atoms with van der Waals surface area (Å²) in [5.74, 6) is -0.228. The summed E-state index contributed by atoms with van der Waals surface area (Å²) in [7, 11) is 1.32. The van der Waals surface area contributed by atoms with Gasteiger partial charge in [-0.15, -0.1) is 0 Å². The summed E-state index contributed by atoms with van der Waals surface area (Å²) < 4.78 is 17.2. The third-order valence-corrected chi connectivity index (χ3v) is 2.35. The maximum atomic E-state index is 12.6. The van der Waals surface area contributed by atoms with Gasteiger partial charge in [-0.2, -0.15) is 0 Å². The maximum Gasteiger partial charge on any atom is 0.354 e. The van der Waals surface area contributed by atoms with E-state index >= 15 is 0 Å². The lowest BCUT2D eigenvalue weighted by atomic mass is 10.3. The van der Waals surface area contributed by atoms with Gasteiger partial charge in [0.05, 0.1) is 13.3 Å². The first-order valence-corrected chi connectivity index (χ1v) is 5.30. The second-order valence-electron chi connectivity index (χ2n) is 3.63. The van der Waals surface area contributed by atoms with Crippen molar-refractivity contribution in [3.8, 4) is 0 Å². The van der Waals surface area contributed by atoms with Crippen molar-refractivity contribution in [2.45, 2.75) is 6.54 Å². The number of halogens is 1. The van der Waals surface area contributed by atoms with Crippen LogP contribution in [0.5, 0.6) is 0 Å². The maximum absolute atomic E-state index is 12.6. The zero-order valence-corrected chi connectivity index (χ0v) is 9.74. The van der Waals surface area contributed by atoms with Crippen LogP contribution < -0.4 is 5.32 Å². The van der Waals surface area contributed by atoms with Gasteiger partial charge in [0.1, 0.15) is 17.3 Å². The smallest absolute Gasteiger partial charge is 0.354 e. The number of rotatable bonds is 4. The Labute approximate surface area is 103 Å². The molecule has 0 radical (unpaired) electrons. The number of esters is 1. The second-order valence-corrected chi connectivity index (χ2v) is 3.63. The van der Waals surface area contributed by atoms with Gasteiger partial charge in [-0.3, -0.25) is 0 Å². The van der Waals surface area contributed by atoms with Crippen molar-refractivity contribution >= 4 is 11.8 Å². The topological polar surface area (TPSA) is 67.0 Å². The molecule has 0 unspecified atom stereocenters. The lowest BCUT2D eigenvalue weighted by molar-refractivity contribution is 0.0595. The van der Waals surface area contributed by atoms with Crippen LogP contribution in [0.1, 0.15) is 16.1 Å². The van der Waals surface area contributed by atoms with E-state index in [0.717, 1.165) is 11.8 Å². The van der Waals surface area contributed by atoms with Crippen LogP contribution in [0.15, 0.2) is 30.6 Å². The Morgan fingerprint density at radius 3 is 3.06 bits per heavy atom. The van der Waals surface area contributed by atoms with Crippen LogP contribution in [0.3, 0.4) is 0 Å². The van der Waals surface area contributed by atoms with E-state index in [1.54, 1.807) is 18.3 Å². The van der Waals surface area contributed by atoms with Gasteiger partial charge in [-0.25, -0.2) is 14.2 Å². The number of ether oxygens (including phenoxy) is 1. The minimum Gasteiger partial charge on any atom is -0.464 e. The fourth-order valence-electron chi connectivity index (χ4n) is 1.44. The molecule has 0 aliphatic rings. The molecule has 0 saturated carbocycles. The Morgan fingerprint density at radius 2 is 2.39 bits per heavy atom. The van der Waals surface area contributed by atoms with Crippen LogP contribution in [-0.4, -0.2) is 23.0 Å². The molecule has 5 nitrogen and oxygen atoms in total. The molecule has 2 rings (SSSR count). The molecule has 6 heteroatoms. The highest BCUT2D eigenvalue weighted by atomic mass is 19.1. The third-order valence-electron chi connectivity index (χ3n) is 2.35. The predicted molar refractivity (Wildman–Crippen MR) is 63.7 cm³/mol. The van der Waals surface area contributed by atoms with Gasteiger partial charge in [0, 0.05) is 12.7 Å². The first kappa shape index (κ1) is 12.1. The van der Waals surface area contributed by atoms with Crippen molar-refractivity contribution in [2.24, 2.45) is 0 Å². The molecule has 0 atom stereocenters. The van der Waals surface area contributed by atoms with Crippen LogP contribution in [0.4, 0.5) is 10.2 Å². The monoisotopic (exact) mass is 249 g/mol. The Kier molecular flexibility index (Phi) is 3.57. The summed E-state index contributed by atoms with van der Waals surface area (Å²) in [4.78, 5) is 17.9. The molecule has 2 heterocycles. The lowest BCUT2D eigenvalue weighted by Crippen LogP contribution is -2.01. The molecule has 18 heavy (non-hydrogen) atoms. The largest absolute Gasteiger partial charge is 0.464 e. The molecule has 0 saturated heterocycles. The molecule has 0 bridgehead atoms. The number of aromatic amines is 1. The molecule has 0 amide bonds. The first-order valence-electron chi connectivity index (χ1n) is 5.30. The number of nitrogens with one attached hydrogen (secondary N) is 2. The molecule has 0 aliphatic heterocycles. The number of hydrogen-bond donors (Lipinski definition) is 2. The highest BCUT2D eigenvalue weighted by Crippen LogP contribution is 2.09. The van der Waals surface area contributed by atoms with Crippen molar-refractivity contribution in [1.82, 2.24) is 9.97 Å². The van der Waals surface area contributed by atoms with Crippen molar-refractivity contribution < 1.29 is 13.9 Å². The zero-order valence-electron chi connectivity index (χ0n) is 9.74. The van der Waals surface area contributed by atoms with E-state index in [2.05, 4.69) is 20.0 Å². The van der Waals surface area contributed by atoms with E-state index in [0.29, 0.717) is 18.1 Å². The van der Waals surface area contributed by atoms with Gasteiger partial charge < -0.3 is 15.0 Å². The average Bonchev–Trinajstić information content (AvgIpc) is 2.86. The van der Waals surface area contributed by atoms with Crippen LogP contribution >= 0.6 is 0 Å². The van der Waals surface area contributed by atoms with Gasteiger partial charge in [-0.1, -0.05) is 0 Å². The van der Waals surface area contributed by atoms with Crippen molar-refractivity contribution in [3.63, 3.8) is 0 Å². The van der Waals surface area contributed by atoms with E-state index in [1.165, 1.54) is 13.2 Å². The predicted octanol–water partition coefficient (Wildman–Crippen LogP) is 1.95. The Hall–Kier alpha value is -2.37. The van der Waals surface area contributed by atoms with Gasteiger partial charge in [0.25, 0.3) is 0 Å². The summed E-state index contributed by atoms with van der Waals surface area (Å²) in [5, 5.41) is 3.01. The van der Waals surface area contributed by atoms with Crippen LogP contribution in [0.25, 0.3) is 0 Å². The zero-order chi connectivity index (χ0) is 13.0. The molecule has 94 valence electrons. The minimum absolute atomic E-state index is 0.379. The van der Waals surface area contributed by atoms with Crippen molar-refractivity contribution in [1.29, 1.82) is 0 Å². The molecule has 0 spiro atoms. The lowest BCUT2D eigenvalue weighted by Gasteiger charge is -2.02. The van der Waals surface area contributed by atoms with E-state index < -0.39 is 5.97 Å². The highest BCUT2D eigenvalue weighted by molar-refractivity contribution is 5.87. The fraction of sp³-hybridized carbons (Fsp3) is 0.167. The van der Waals surface area contributed by atoms with Crippen LogP contribution in [0, 0.1) is 5.82 Å². The number of carbonyl (C=O) groups excluding carboxylic acids is 1. The number of carbonyl (C=O) groups is 1. The number of nitrogens with zero attached hydrogens (tertiary/aromatic N) is 1. The first-order chi connectivity index (χ1) is 8.69. The Morgan fingerprint density at radius 1 is 1.56 bits per heavy atom. The number of pyridine rings is 1. The van der Waals surface area contributed by atoms with Gasteiger partial charge in [0.2, 0.25) is 0 Å². The van der Waals surface area contributed by atoms with Gasteiger partial charge in [0.15, 0.2) is 0 Å². The van der Waals surface area contributed by atoms with Crippen molar-refractivity contribution in [2.75, 3.05) is 12.4 Å². The standard InChI is InChI=1S/C12H12FN3O2/c1-18-12(17)10-4-8(5-14-10)6-15-11-3-2-9(13)7-16-11/h2-5,7,14H,6H2,1H3,(H,15,16). The van der Waals surface area contributed by atoms with Crippen molar-refractivity contribution in [3.05, 3.63) is 47.7 Å². The quantitative estimate of drug-likeness (QED) is 0.813. The number of anilines is 1. The van der Waals surface area contributed by atoms with E-state index in [1.807, 2.05) is 0 Å². The normalized spacial score (nSPS) is 10.1. The number of aromatic nitrogens is 2. The summed E-state index contributed by atoms with van der Waals surface area (Å²) in [5.41, 5.74) is 1.27. The van der Waals surface area contributed by atoms with Crippen LogP contribution in [-0.2, 0) is 11.3 Å². The molecule has 0 aromatic carbocycles. The number of hydrogen-bond acceptors (Lipinski definition) is 4. The summed E-state index contributed by atoms with van der Waals surface area (Å²) in [6, 6.07) is 4.55. The second kappa shape index (κ2) is 5.31. The molecule has 2 aromatic heterocycles. The molecule has 2 aromatic rings. The molecule has 2 N–H and O–H groups in total. The van der Waals surface area contributed by atoms with E-state index in [4.69, 9.17) is 0 Å². The number of H-pyrrole nitrogens is 1. The Balaban J connectivity index is 1.96. The molecular formula is C12H12FN3O2. The Bertz CT molecular complexity index is 537. The summed E-state index contributed by atoms with van der Waals surface area (Å²) >= 11 is 0. The molecule has 0 aliphatic carbocycles. The van der Waals surface area contributed by atoms with Crippen LogP contribution in [0.2, 0.25) is 0 Å². The van der Waals surface area contributed by atoms with Gasteiger partial charge >= 0.3 is 5.97 Å². The van der Waals surface area contributed by atoms with E-state index in [9.17, 15) is 9.18 Å². The fourth-order valence-corrected chi connectivity index (χ4v) is 1.44.